The minimum atomic E-state index is -0.188. The Labute approximate surface area is 98.2 Å². The molecule has 2 rings (SSSR count). The number of nitrogens with two attached hydrogens (primary N) is 1. The van der Waals surface area contributed by atoms with Gasteiger partial charge in [-0.25, -0.2) is 4.39 Å². The maximum atomic E-state index is 13.6. The van der Waals surface area contributed by atoms with Gasteiger partial charge in [-0.3, -0.25) is 0 Å². The Morgan fingerprint density at radius 2 is 2.27 bits per heavy atom. The lowest BCUT2D eigenvalue weighted by atomic mass is 9.98. The molecule has 1 aromatic rings. The van der Waals surface area contributed by atoms with Crippen LogP contribution in [-0.4, -0.2) is 5.25 Å². The van der Waals surface area contributed by atoms with E-state index < -0.39 is 0 Å². The van der Waals surface area contributed by atoms with Crippen LogP contribution in [0.4, 0.5) is 4.39 Å². The molecule has 0 saturated carbocycles. The second-order valence-corrected chi connectivity index (χ2v) is 5.72. The van der Waals surface area contributed by atoms with Gasteiger partial charge in [0.15, 0.2) is 0 Å². The summed E-state index contributed by atoms with van der Waals surface area (Å²) in [5, 5.41) is 1.04. The van der Waals surface area contributed by atoms with E-state index in [1.807, 2.05) is 0 Å². The molecule has 0 saturated heterocycles. The normalized spacial score (nSPS) is 25.9. The van der Waals surface area contributed by atoms with E-state index in [1.165, 1.54) is 6.07 Å². The Morgan fingerprint density at radius 1 is 1.53 bits per heavy atom. The first-order chi connectivity index (χ1) is 7.09. The number of rotatable bonds is 0. The number of fused-ring (bicyclic) bond motifs is 1. The Balaban J connectivity index is 2.52. The van der Waals surface area contributed by atoms with E-state index in [0.29, 0.717) is 21.6 Å². The van der Waals surface area contributed by atoms with Crippen LogP contribution in [0.1, 0.15) is 30.5 Å². The van der Waals surface area contributed by atoms with E-state index >= 15 is 0 Å². The first-order valence-corrected chi connectivity index (χ1v) is 6.36. The molecule has 1 heterocycles. The van der Waals surface area contributed by atoms with Gasteiger partial charge in [-0.2, -0.15) is 11.8 Å². The molecule has 1 nitrogen and oxygen atoms in total. The molecule has 2 atom stereocenters. The highest BCUT2D eigenvalue weighted by atomic mass is 35.5. The van der Waals surface area contributed by atoms with E-state index in [1.54, 1.807) is 17.8 Å². The van der Waals surface area contributed by atoms with E-state index in [-0.39, 0.29) is 11.9 Å². The minimum Gasteiger partial charge on any atom is -0.324 e. The lowest BCUT2D eigenvalue weighted by Gasteiger charge is -2.15. The Morgan fingerprint density at radius 3 is 3.00 bits per heavy atom. The molecule has 1 aromatic carbocycles. The number of halogens is 2. The molecule has 1 aliphatic rings. The summed E-state index contributed by atoms with van der Waals surface area (Å²) in [4.78, 5) is 0. The molecule has 0 amide bonds. The molecular formula is C11H13ClFNS. The van der Waals surface area contributed by atoms with Crippen LogP contribution in [0.2, 0.25) is 5.02 Å². The maximum absolute atomic E-state index is 13.6. The van der Waals surface area contributed by atoms with Gasteiger partial charge in [0.2, 0.25) is 0 Å². The zero-order chi connectivity index (χ0) is 11.0. The third-order valence-electron chi connectivity index (χ3n) is 2.72. The predicted molar refractivity (Wildman–Crippen MR) is 63.7 cm³/mol. The Hall–Kier alpha value is -0.250. The molecule has 4 heteroatoms. The number of hydrogen-bond acceptors (Lipinski definition) is 2. The first kappa shape index (κ1) is 11.2. The zero-order valence-corrected chi connectivity index (χ0v) is 10.0. The number of benzene rings is 1. The standard InChI is InChI=1S/C11H13ClFNS/c1-6-4-10(14)11-7(5-15-6)9(13)3-2-8(11)12/h2-3,6,10H,4-5,14H2,1H3/t6?,10-/m1/s1. The molecular weight excluding hydrogens is 233 g/mol. The topological polar surface area (TPSA) is 26.0 Å². The summed E-state index contributed by atoms with van der Waals surface area (Å²) in [6.45, 7) is 2.11. The summed E-state index contributed by atoms with van der Waals surface area (Å²) in [5.41, 5.74) is 7.53. The van der Waals surface area contributed by atoms with Crippen LogP contribution in [-0.2, 0) is 5.75 Å². The summed E-state index contributed by atoms with van der Waals surface area (Å²) in [6.07, 6.45) is 0.848. The first-order valence-electron chi connectivity index (χ1n) is 4.93. The molecule has 1 aliphatic heterocycles. The van der Waals surface area contributed by atoms with Gasteiger partial charge >= 0.3 is 0 Å². The predicted octanol–water partition coefficient (Wildman–Crippen LogP) is 3.50. The van der Waals surface area contributed by atoms with Gasteiger partial charge in [0.25, 0.3) is 0 Å². The Kier molecular flexibility index (Phi) is 3.24. The molecule has 0 spiro atoms. The van der Waals surface area contributed by atoms with Crippen molar-refractivity contribution in [1.29, 1.82) is 0 Å². The molecule has 1 unspecified atom stereocenters. The second kappa shape index (κ2) is 4.32. The van der Waals surface area contributed by atoms with Crippen LogP contribution in [0.3, 0.4) is 0 Å². The zero-order valence-electron chi connectivity index (χ0n) is 8.47. The van der Waals surface area contributed by atoms with Crippen LogP contribution < -0.4 is 5.73 Å². The molecule has 2 N–H and O–H groups in total. The van der Waals surface area contributed by atoms with Crippen LogP contribution in [0.5, 0.6) is 0 Å². The molecule has 0 fully saturated rings. The van der Waals surface area contributed by atoms with Gasteiger partial charge in [-0.05, 0) is 24.1 Å². The van der Waals surface area contributed by atoms with Crippen LogP contribution in [0.25, 0.3) is 0 Å². The SMILES string of the molecule is CC1C[C@@H](N)c2c(Cl)ccc(F)c2CS1. The highest BCUT2D eigenvalue weighted by Crippen LogP contribution is 2.38. The van der Waals surface area contributed by atoms with Crippen molar-refractivity contribution < 1.29 is 4.39 Å². The van der Waals surface area contributed by atoms with Crippen molar-refractivity contribution in [3.63, 3.8) is 0 Å². The monoisotopic (exact) mass is 245 g/mol. The highest BCUT2D eigenvalue weighted by molar-refractivity contribution is 7.99. The largest absolute Gasteiger partial charge is 0.324 e. The molecule has 0 radical (unpaired) electrons. The Bertz CT molecular complexity index is 383. The third kappa shape index (κ3) is 2.14. The van der Waals surface area contributed by atoms with Crippen molar-refractivity contribution in [3.8, 4) is 0 Å². The summed E-state index contributed by atoms with van der Waals surface area (Å²) >= 11 is 7.80. The van der Waals surface area contributed by atoms with E-state index in [9.17, 15) is 4.39 Å². The summed E-state index contributed by atoms with van der Waals surface area (Å²) in [5.74, 6) is 0.475. The quantitative estimate of drug-likeness (QED) is 0.757. The van der Waals surface area contributed by atoms with Gasteiger partial charge in [0.1, 0.15) is 5.82 Å². The van der Waals surface area contributed by atoms with Crippen molar-refractivity contribution in [2.24, 2.45) is 5.73 Å². The van der Waals surface area contributed by atoms with Crippen LogP contribution >= 0.6 is 23.4 Å². The summed E-state index contributed by atoms with van der Waals surface area (Å²) in [6, 6.07) is 2.87. The lowest BCUT2D eigenvalue weighted by Crippen LogP contribution is -2.15. The van der Waals surface area contributed by atoms with Gasteiger partial charge in [-0.15, -0.1) is 0 Å². The fourth-order valence-electron chi connectivity index (χ4n) is 1.93. The molecule has 82 valence electrons. The van der Waals surface area contributed by atoms with Gasteiger partial charge in [0, 0.05) is 27.6 Å². The van der Waals surface area contributed by atoms with Crippen molar-refractivity contribution in [1.82, 2.24) is 0 Å². The van der Waals surface area contributed by atoms with E-state index in [4.69, 9.17) is 17.3 Å². The molecule has 15 heavy (non-hydrogen) atoms. The van der Waals surface area contributed by atoms with Gasteiger partial charge < -0.3 is 5.73 Å². The number of hydrogen-bond donors (Lipinski definition) is 1. The van der Waals surface area contributed by atoms with Crippen LogP contribution in [0, 0.1) is 5.82 Å². The second-order valence-electron chi connectivity index (χ2n) is 3.89. The minimum absolute atomic E-state index is 0.145. The fraction of sp³-hybridized carbons (Fsp3) is 0.455. The summed E-state index contributed by atoms with van der Waals surface area (Å²) in [7, 11) is 0. The van der Waals surface area contributed by atoms with E-state index in [0.717, 1.165) is 12.0 Å². The average molecular weight is 246 g/mol. The van der Waals surface area contributed by atoms with Crippen LogP contribution in [0.15, 0.2) is 12.1 Å². The fourth-order valence-corrected chi connectivity index (χ4v) is 3.33. The molecule has 0 aromatic heterocycles. The van der Waals surface area contributed by atoms with Crippen molar-refractivity contribution in [2.45, 2.75) is 30.4 Å². The number of thioether (sulfide) groups is 1. The third-order valence-corrected chi connectivity index (χ3v) is 4.26. The van der Waals surface area contributed by atoms with Crippen molar-refractivity contribution in [3.05, 3.63) is 34.1 Å². The molecule has 0 bridgehead atoms. The van der Waals surface area contributed by atoms with E-state index in [2.05, 4.69) is 6.92 Å². The van der Waals surface area contributed by atoms with Gasteiger partial charge in [-0.1, -0.05) is 18.5 Å². The highest BCUT2D eigenvalue weighted by Gasteiger charge is 2.24. The maximum Gasteiger partial charge on any atom is 0.127 e. The molecule has 0 aliphatic carbocycles. The van der Waals surface area contributed by atoms with Crippen molar-refractivity contribution in [2.75, 3.05) is 0 Å². The van der Waals surface area contributed by atoms with Gasteiger partial charge in [0.05, 0.1) is 0 Å². The summed E-state index contributed by atoms with van der Waals surface area (Å²) < 4.78 is 13.6. The average Bonchev–Trinajstić information content (AvgIpc) is 2.32. The van der Waals surface area contributed by atoms with Crippen molar-refractivity contribution >= 4 is 23.4 Å². The lowest BCUT2D eigenvalue weighted by molar-refractivity contribution is 0.601. The smallest absolute Gasteiger partial charge is 0.127 e.